The molecule has 4 nitrogen and oxygen atoms in total. The van der Waals surface area contributed by atoms with Crippen LogP contribution in [0.4, 0.5) is 18.9 Å². The van der Waals surface area contributed by atoms with Crippen molar-refractivity contribution < 1.29 is 22.8 Å². The van der Waals surface area contributed by atoms with Crippen LogP contribution in [0.15, 0.2) is 48.5 Å². The van der Waals surface area contributed by atoms with Crippen LogP contribution in [0.1, 0.15) is 37.3 Å². The van der Waals surface area contributed by atoms with Crippen molar-refractivity contribution in [2.75, 3.05) is 11.9 Å². The van der Waals surface area contributed by atoms with E-state index in [2.05, 4.69) is 5.32 Å². The van der Waals surface area contributed by atoms with Gasteiger partial charge in [0.15, 0.2) is 0 Å². The number of halogens is 4. The number of carbonyl (C=O) groups is 2. The molecule has 2 aromatic carbocycles. The summed E-state index contributed by atoms with van der Waals surface area (Å²) in [6, 6.07) is 13.7. The lowest BCUT2D eigenvalue weighted by Crippen LogP contribution is -2.46. The fraction of sp³-hybridized carbons (Fsp3) is 0.364. The summed E-state index contributed by atoms with van der Waals surface area (Å²) in [6.45, 7) is 1.22. The van der Waals surface area contributed by atoms with Crippen molar-refractivity contribution in [3.05, 3.63) is 64.7 Å². The maximum absolute atomic E-state index is 13.1. The van der Waals surface area contributed by atoms with Crippen molar-refractivity contribution in [1.29, 1.82) is 0 Å². The van der Waals surface area contributed by atoms with Gasteiger partial charge >= 0.3 is 12.1 Å². The summed E-state index contributed by atoms with van der Waals surface area (Å²) in [5.41, 5.74) is 1.23. The lowest BCUT2D eigenvalue weighted by Gasteiger charge is -2.40. The number of rotatable bonds is 6. The van der Waals surface area contributed by atoms with Crippen LogP contribution in [0.5, 0.6) is 0 Å². The number of nitrogens with one attached hydrogen (secondary N) is 1. The molecule has 1 aliphatic carbocycles. The van der Waals surface area contributed by atoms with Gasteiger partial charge in [-0.15, -0.1) is 0 Å². The second-order valence-electron chi connectivity index (χ2n) is 7.41. The Labute approximate surface area is 178 Å². The van der Waals surface area contributed by atoms with Crippen molar-refractivity contribution in [3.63, 3.8) is 0 Å². The molecule has 1 aliphatic rings. The first-order valence-corrected chi connectivity index (χ1v) is 10.1. The number of nitrogens with zero attached hydrogens (tertiary/aromatic N) is 1. The quantitative estimate of drug-likeness (QED) is 0.664. The highest BCUT2D eigenvalue weighted by molar-refractivity contribution is 6.30. The normalized spacial score (nSPS) is 15.2. The van der Waals surface area contributed by atoms with E-state index < -0.39 is 17.5 Å². The predicted molar refractivity (Wildman–Crippen MR) is 109 cm³/mol. The van der Waals surface area contributed by atoms with E-state index in [-0.39, 0.29) is 19.0 Å². The maximum Gasteiger partial charge on any atom is 0.471 e. The first kappa shape index (κ1) is 22.2. The number of anilines is 1. The smallest absolute Gasteiger partial charge is 0.331 e. The Morgan fingerprint density at radius 2 is 1.80 bits per heavy atom. The second kappa shape index (κ2) is 8.68. The molecule has 1 saturated carbocycles. The molecule has 0 aromatic heterocycles. The van der Waals surface area contributed by atoms with Gasteiger partial charge in [-0.1, -0.05) is 42.3 Å². The Kier molecular flexibility index (Phi) is 6.41. The highest BCUT2D eigenvalue weighted by Crippen LogP contribution is 2.45. The van der Waals surface area contributed by atoms with Gasteiger partial charge in [0.05, 0.1) is 5.41 Å². The molecule has 2 amide bonds. The van der Waals surface area contributed by atoms with E-state index >= 15 is 0 Å². The van der Waals surface area contributed by atoms with Crippen LogP contribution in [-0.4, -0.2) is 29.4 Å². The molecule has 0 spiro atoms. The monoisotopic (exact) mass is 438 g/mol. The standard InChI is InChI=1S/C22H22ClF3N2O2/c1-2-28(20(30)22(24,25)26)14-15-5-3-6-18(13-15)27-19(29)21(11-4-12-21)16-7-9-17(23)10-8-16/h3,5-10,13H,2,4,11-12,14H2,1H3,(H,27,29). The van der Waals surface area contributed by atoms with Gasteiger partial charge in [-0.3, -0.25) is 9.59 Å². The highest BCUT2D eigenvalue weighted by Gasteiger charge is 2.45. The number of amides is 2. The Morgan fingerprint density at radius 1 is 1.13 bits per heavy atom. The summed E-state index contributed by atoms with van der Waals surface area (Å²) < 4.78 is 38.2. The number of hydrogen-bond acceptors (Lipinski definition) is 2. The molecule has 30 heavy (non-hydrogen) atoms. The molecular formula is C22H22ClF3N2O2. The summed E-state index contributed by atoms with van der Waals surface area (Å²) in [5, 5.41) is 3.48. The van der Waals surface area contributed by atoms with E-state index in [0.29, 0.717) is 29.1 Å². The van der Waals surface area contributed by atoms with Crippen molar-refractivity contribution in [3.8, 4) is 0 Å². The first-order valence-electron chi connectivity index (χ1n) is 9.68. The number of carbonyl (C=O) groups excluding carboxylic acids is 2. The van der Waals surface area contributed by atoms with Crippen LogP contribution in [0.3, 0.4) is 0 Å². The van der Waals surface area contributed by atoms with Crippen LogP contribution in [0.25, 0.3) is 0 Å². The van der Waals surface area contributed by atoms with Crippen molar-refractivity contribution >= 4 is 29.1 Å². The number of benzene rings is 2. The second-order valence-corrected chi connectivity index (χ2v) is 7.85. The van der Waals surface area contributed by atoms with Gasteiger partial charge in [-0.2, -0.15) is 13.2 Å². The van der Waals surface area contributed by atoms with E-state index in [4.69, 9.17) is 11.6 Å². The van der Waals surface area contributed by atoms with Crippen molar-refractivity contribution in [2.24, 2.45) is 0 Å². The van der Waals surface area contributed by atoms with Crippen molar-refractivity contribution in [1.82, 2.24) is 4.90 Å². The molecule has 1 fully saturated rings. The van der Waals surface area contributed by atoms with Gasteiger partial charge in [0.1, 0.15) is 0 Å². The zero-order valence-electron chi connectivity index (χ0n) is 16.4. The van der Waals surface area contributed by atoms with Gasteiger partial charge in [-0.25, -0.2) is 0 Å². The molecule has 0 radical (unpaired) electrons. The third kappa shape index (κ3) is 4.61. The van der Waals surface area contributed by atoms with Gasteiger partial charge in [0.2, 0.25) is 5.91 Å². The molecule has 160 valence electrons. The molecule has 0 atom stereocenters. The molecule has 0 aliphatic heterocycles. The van der Waals surface area contributed by atoms with Crippen LogP contribution in [-0.2, 0) is 21.5 Å². The lowest BCUT2D eigenvalue weighted by atomic mass is 9.64. The fourth-order valence-corrected chi connectivity index (χ4v) is 3.80. The predicted octanol–water partition coefficient (Wildman–Crippen LogP) is 5.31. The zero-order valence-corrected chi connectivity index (χ0v) is 17.2. The third-order valence-corrected chi connectivity index (χ3v) is 5.76. The fourth-order valence-electron chi connectivity index (χ4n) is 3.67. The summed E-state index contributed by atoms with van der Waals surface area (Å²) >= 11 is 5.95. The largest absolute Gasteiger partial charge is 0.471 e. The van der Waals surface area contributed by atoms with Crippen LogP contribution in [0, 0.1) is 0 Å². The Hall–Kier alpha value is -2.54. The average Bonchev–Trinajstić information content (AvgIpc) is 2.65. The maximum atomic E-state index is 13.1. The third-order valence-electron chi connectivity index (χ3n) is 5.51. The molecule has 8 heteroatoms. The van der Waals surface area contributed by atoms with E-state index in [1.54, 1.807) is 36.4 Å². The molecule has 0 heterocycles. The summed E-state index contributed by atoms with van der Waals surface area (Å²) in [7, 11) is 0. The summed E-state index contributed by atoms with van der Waals surface area (Å²) in [5.74, 6) is -2.04. The van der Waals surface area contributed by atoms with Gasteiger partial charge in [0.25, 0.3) is 0 Å². The van der Waals surface area contributed by atoms with E-state index in [0.717, 1.165) is 16.9 Å². The molecule has 2 aromatic rings. The minimum absolute atomic E-state index is 0.0748. The topological polar surface area (TPSA) is 49.4 Å². The van der Waals surface area contributed by atoms with Crippen LogP contribution in [0.2, 0.25) is 5.02 Å². The molecular weight excluding hydrogens is 417 g/mol. The summed E-state index contributed by atoms with van der Waals surface area (Å²) in [6.07, 6.45) is -2.56. The Morgan fingerprint density at radius 3 is 2.33 bits per heavy atom. The van der Waals surface area contributed by atoms with Crippen LogP contribution >= 0.6 is 11.6 Å². The van der Waals surface area contributed by atoms with E-state index in [1.807, 2.05) is 12.1 Å². The van der Waals surface area contributed by atoms with Gasteiger partial charge < -0.3 is 10.2 Å². The first-order chi connectivity index (χ1) is 14.2. The number of hydrogen-bond donors (Lipinski definition) is 1. The zero-order chi connectivity index (χ0) is 21.9. The highest BCUT2D eigenvalue weighted by atomic mass is 35.5. The average molecular weight is 439 g/mol. The van der Waals surface area contributed by atoms with Crippen molar-refractivity contribution in [2.45, 2.75) is 44.3 Å². The van der Waals surface area contributed by atoms with E-state index in [9.17, 15) is 22.8 Å². The minimum atomic E-state index is -4.92. The van der Waals surface area contributed by atoms with Crippen LogP contribution < -0.4 is 5.32 Å². The van der Waals surface area contributed by atoms with E-state index in [1.165, 1.54) is 6.92 Å². The minimum Gasteiger partial charge on any atom is -0.331 e. The molecule has 0 unspecified atom stereocenters. The Bertz CT molecular complexity index is 925. The number of alkyl halides is 3. The van der Waals surface area contributed by atoms with Gasteiger partial charge in [0, 0.05) is 23.8 Å². The van der Waals surface area contributed by atoms with Gasteiger partial charge in [-0.05, 0) is 55.2 Å². The lowest BCUT2D eigenvalue weighted by molar-refractivity contribution is -0.185. The SMILES string of the molecule is CCN(Cc1cccc(NC(=O)C2(c3ccc(Cl)cc3)CCC2)c1)C(=O)C(F)(F)F. The molecule has 3 rings (SSSR count). The Balaban J connectivity index is 1.75. The summed E-state index contributed by atoms with van der Waals surface area (Å²) in [4.78, 5) is 25.3. The molecule has 0 saturated heterocycles. The molecule has 0 bridgehead atoms. The molecule has 1 N–H and O–H groups in total.